The van der Waals surface area contributed by atoms with Gasteiger partial charge < -0.3 is 15.9 Å². The number of aliphatic carboxylic acids is 1. The Hall–Kier alpha value is -1.21. The van der Waals surface area contributed by atoms with Gasteiger partial charge in [0.15, 0.2) is 11.6 Å². The molecule has 0 saturated heterocycles. The molecule has 4 nitrogen and oxygen atoms in total. The maximum Gasteiger partial charge on any atom is 0.312 e. The zero-order valence-corrected chi connectivity index (χ0v) is 9.46. The molecule has 0 fully saturated rings. The topological polar surface area (TPSA) is 83.6 Å². The molecule has 7 heteroatoms. The van der Waals surface area contributed by atoms with Gasteiger partial charge in [-0.15, -0.1) is 0 Å². The maximum atomic E-state index is 13.4. The van der Waals surface area contributed by atoms with E-state index >= 15 is 0 Å². The van der Waals surface area contributed by atoms with Crippen molar-refractivity contribution in [3.05, 3.63) is 27.7 Å². The number of benzene rings is 1. The Bertz CT molecular complexity index is 413. The largest absolute Gasteiger partial charge is 0.506 e. The van der Waals surface area contributed by atoms with Crippen molar-refractivity contribution in [1.29, 1.82) is 0 Å². The van der Waals surface area contributed by atoms with Crippen LogP contribution in [0.1, 0.15) is 11.5 Å². The van der Waals surface area contributed by atoms with E-state index in [0.717, 1.165) is 0 Å². The average molecular weight is 296 g/mol. The molecule has 0 aliphatic heterocycles. The maximum absolute atomic E-state index is 13.4. The van der Waals surface area contributed by atoms with Crippen molar-refractivity contribution < 1.29 is 23.8 Å². The predicted molar refractivity (Wildman–Crippen MR) is 55.2 cm³/mol. The van der Waals surface area contributed by atoms with Crippen LogP contribution in [0.3, 0.4) is 0 Å². The van der Waals surface area contributed by atoms with E-state index in [9.17, 15) is 18.7 Å². The Kier molecular flexibility index (Phi) is 3.82. The third kappa shape index (κ3) is 2.14. The number of rotatable bonds is 3. The van der Waals surface area contributed by atoms with Crippen molar-refractivity contribution in [3.63, 3.8) is 0 Å². The first-order valence-electron chi connectivity index (χ1n) is 4.19. The smallest absolute Gasteiger partial charge is 0.312 e. The number of hydrogen-bond donors (Lipinski definition) is 3. The zero-order valence-electron chi connectivity index (χ0n) is 7.88. The minimum Gasteiger partial charge on any atom is -0.506 e. The van der Waals surface area contributed by atoms with Gasteiger partial charge in [-0.1, -0.05) is 0 Å². The number of halogens is 3. The van der Waals surface area contributed by atoms with Crippen LogP contribution < -0.4 is 5.73 Å². The number of carbonyl (C=O) groups is 1. The lowest BCUT2D eigenvalue weighted by Crippen LogP contribution is -2.22. The molecular weight excluding hydrogens is 288 g/mol. The third-order valence-electron chi connectivity index (χ3n) is 2.06. The number of carboxylic acids is 1. The monoisotopic (exact) mass is 295 g/mol. The summed E-state index contributed by atoms with van der Waals surface area (Å²) in [6.45, 7) is -0.449. The molecule has 0 spiro atoms. The van der Waals surface area contributed by atoms with E-state index in [1.54, 1.807) is 0 Å². The van der Waals surface area contributed by atoms with E-state index in [0.29, 0.717) is 6.07 Å². The standard InChI is InChI=1S/C9H8BrF2NO3/c10-4-1-5(11)7(12)6(8(4)14)3(2-13)9(15)16/h1,3,14H,2,13H2,(H,15,16). The molecule has 0 radical (unpaired) electrons. The Morgan fingerprint density at radius 1 is 1.56 bits per heavy atom. The van der Waals surface area contributed by atoms with Gasteiger partial charge in [-0.3, -0.25) is 4.79 Å². The molecule has 1 aromatic rings. The molecule has 0 aliphatic rings. The molecular formula is C9H8BrF2NO3. The van der Waals surface area contributed by atoms with Crippen LogP contribution in [0.25, 0.3) is 0 Å². The van der Waals surface area contributed by atoms with Gasteiger partial charge in [-0.05, 0) is 22.0 Å². The molecule has 1 aromatic carbocycles. The number of carboxylic acid groups (broad SMARTS) is 1. The van der Waals surface area contributed by atoms with Gasteiger partial charge >= 0.3 is 5.97 Å². The van der Waals surface area contributed by atoms with Crippen LogP contribution in [-0.4, -0.2) is 22.7 Å². The van der Waals surface area contributed by atoms with Crippen molar-refractivity contribution >= 4 is 21.9 Å². The summed E-state index contributed by atoms with van der Waals surface area (Å²) in [6.07, 6.45) is 0. The van der Waals surface area contributed by atoms with Crippen molar-refractivity contribution in [2.24, 2.45) is 5.73 Å². The SMILES string of the molecule is NCC(C(=O)O)c1c(O)c(Br)cc(F)c1F. The van der Waals surface area contributed by atoms with E-state index in [1.807, 2.05) is 0 Å². The normalized spacial score (nSPS) is 12.5. The first-order valence-corrected chi connectivity index (χ1v) is 4.98. The van der Waals surface area contributed by atoms with E-state index in [-0.39, 0.29) is 4.47 Å². The molecule has 1 rings (SSSR count). The molecule has 4 N–H and O–H groups in total. The predicted octanol–water partition coefficient (Wildman–Crippen LogP) is 1.56. The third-order valence-corrected chi connectivity index (χ3v) is 2.67. The Morgan fingerprint density at radius 3 is 2.56 bits per heavy atom. The highest BCUT2D eigenvalue weighted by Gasteiger charge is 2.28. The molecule has 16 heavy (non-hydrogen) atoms. The second-order valence-electron chi connectivity index (χ2n) is 3.04. The van der Waals surface area contributed by atoms with E-state index in [2.05, 4.69) is 15.9 Å². The fraction of sp³-hybridized carbons (Fsp3) is 0.222. The number of nitrogens with two attached hydrogens (primary N) is 1. The lowest BCUT2D eigenvalue weighted by molar-refractivity contribution is -0.138. The molecule has 88 valence electrons. The number of phenolic OH excluding ortho intramolecular Hbond substituents is 1. The molecule has 0 aliphatic carbocycles. The minimum absolute atomic E-state index is 0.124. The quantitative estimate of drug-likeness (QED) is 0.739. The second kappa shape index (κ2) is 4.75. The van der Waals surface area contributed by atoms with Gasteiger partial charge in [-0.2, -0.15) is 0 Å². The summed E-state index contributed by atoms with van der Waals surface area (Å²) < 4.78 is 26.3. The first kappa shape index (κ1) is 12.9. The van der Waals surface area contributed by atoms with E-state index < -0.39 is 41.4 Å². The minimum atomic E-state index is -1.49. The van der Waals surface area contributed by atoms with Gasteiger partial charge in [0.2, 0.25) is 0 Å². The summed E-state index contributed by atoms with van der Waals surface area (Å²) in [4.78, 5) is 10.8. The van der Waals surface area contributed by atoms with Gasteiger partial charge in [0.05, 0.1) is 4.47 Å². The molecule has 0 saturated carbocycles. The summed E-state index contributed by atoms with van der Waals surface area (Å²) in [5.74, 6) is -6.24. The summed E-state index contributed by atoms with van der Waals surface area (Å²) >= 11 is 2.79. The number of aromatic hydroxyl groups is 1. The van der Waals surface area contributed by atoms with Crippen LogP contribution in [0.5, 0.6) is 5.75 Å². The molecule has 0 amide bonds. The van der Waals surface area contributed by atoms with Crippen LogP contribution >= 0.6 is 15.9 Å². The fourth-order valence-electron chi connectivity index (χ4n) is 1.26. The van der Waals surface area contributed by atoms with Crippen molar-refractivity contribution in [2.45, 2.75) is 5.92 Å². The zero-order chi connectivity index (χ0) is 12.5. The summed E-state index contributed by atoms with van der Waals surface area (Å²) in [7, 11) is 0. The van der Waals surface area contributed by atoms with Gasteiger partial charge in [-0.25, -0.2) is 8.78 Å². The van der Waals surface area contributed by atoms with Crippen molar-refractivity contribution in [2.75, 3.05) is 6.54 Å². The highest BCUT2D eigenvalue weighted by molar-refractivity contribution is 9.10. The average Bonchev–Trinajstić information content (AvgIpc) is 2.21. The van der Waals surface area contributed by atoms with Gasteiger partial charge in [0.25, 0.3) is 0 Å². The van der Waals surface area contributed by atoms with Crippen molar-refractivity contribution in [1.82, 2.24) is 0 Å². The molecule has 1 unspecified atom stereocenters. The molecule has 0 aromatic heterocycles. The van der Waals surface area contributed by atoms with Gasteiger partial charge in [0, 0.05) is 12.1 Å². The summed E-state index contributed by atoms with van der Waals surface area (Å²) in [5, 5.41) is 18.2. The van der Waals surface area contributed by atoms with E-state index in [1.165, 1.54) is 0 Å². The van der Waals surface area contributed by atoms with Crippen LogP contribution in [0, 0.1) is 11.6 Å². The fourth-order valence-corrected chi connectivity index (χ4v) is 1.68. The van der Waals surface area contributed by atoms with Crippen LogP contribution in [0.2, 0.25) is 0 Å². The lowest BCUT2D eigenvalue weighted by atomic mass is 9.97. The molecule has 1 atom stereocenters. The van der Waals surface area contributed by atoms with Crippen LogP contribution in [0.15, 0.2) is 10.5 Å². The first-order chi connectivity index (χ1) is 7.40. The Balaban J connectivity index is 3.47. The Morgan fingerprint density at radius 2 is 2.12 bits per heavy atom. The second-order valence-corrected chi connectivity index (χ2v) is 3.90. The Labute approximate surface area is 97.8 Å². The molecule has 0 heterocycles. The summed E-state index contributed by atoms with van der Waals surface area (Å²) in [6, 6.07) is 0.712. The highest BCUT2D eigenvalue weighted by Crippen LogP contribution is 2.36. The number of hydrogen-bond acceptors (Lipinski definition) is 3. The van der Waals surface area contributed by atoms with Crippen LogP contribution in [-0.2, 0) is 4.79 Å². The van der Waals surface area contributed by atoms with Gasteiger partial charge in [0.1, 0.15) is 11.7 Å². The number of phenols is 1. The lowest BCUT2D eigenvalue weighted by Gasteiger charge is -2.14. The molecule has 0 bridgehead atoms. The van der Waals surface area contributed by atoms with E-state index in [4.69, 9.17) is 10.8 Å². The summed E-state index contributed by atoms with van der Waals surface area (Å²) in [5.41, 5.74) is 4.50. The van der Waals surface area contributed by atoms with Crippen LogP contribution in [0.4, 0.5) is 8.78 Å². The highest BCUT2D eigenvalue weighted by atomic mass is 79.9. The van der Waals surface area contributed by atoms with Crippen molar-refractivity contribution in [3.8, 4) is 5.75 Å².